The number of aliphatic hydroxyl groups is 1. The van der Waals surface area contributed by atoms with E-state index in [4.69, 9.17) is 4.74 Å². The van der Waals surface area contributed by atoms with Crippen molar-refractivity contribution in [1.82, 2.24) is 4.57 Å². The highest BCUT2D eigenvalue weighted by Gasteiger charge is 2.44. The van der Waals surface area contributed by atoms with E-state index in [2.05, 4.69) is 15.9 Å². The van der Waals surface area contributed by atoms with Crippen molar-refractivity contribution in [3.05, 3.63) is 73.0 Å². The Balaban J connectivity index is 1.84. The van der Waals surface area contributed by atoms with Gasteiger partial charge < -0.3 is 19.3 Å². The fourth-order valence-corrected chi connectivity index (χ4v) is 4.95. The number of halogens is 2. The summed E-state index contributed by atoms with van der Waals surface area (Å²) in [5.74, 6) is 0.496. The van der Waals surface area contributed by atoms with Crippen molar-refractivity contribution < 1.29 is 23.8 Å². The molecule has 0 amide bonds. The Bertz CT molecular complexity index is 1310. The first kappa shape index (κ1) is 22.2. The minimum Gasteiger partial charge on any atom is -0.458 e. The predicted molar refractivity (Wildman–Crippen MR) is 119 cm³/mol. The monoisotopic (exact) mass is 502 g/mol. The van der Waals surface area contributed by atoms with E-state index < -0.39 is 22.9 Å². The molecule has 0 saturated heterocycles. The van der Waals surface area contributed by atoms with Gasteiger partial charge in [-0.2, -0.15) is 0 Å². The molecule has 7 nitrogen and oxygen atoms in total. The van der Waals surface area contributed by atoms with E-state index in [1.165, 1.54) is 22.9 Å². The predicted octanol–water partition coefficient (Wildman–Crippen LogP) is 2.92. The number of hydrogen-bond donors (Lipinski definition) is 1. The number of esters is 1. The molecular weight excluding hydrogens is 483 g/mol. The van der Waals surface area contributed by atoms with Gasteiger partial charge in [0.05, 0.1) is 39.1 Å². The summed E-state index contributed by atoms with van der Waals surface area (Å²) in [6, 6.07) is 4.46. The van der Waals surface area contributed by atoms with Crippen LogP contribution in [0.15, 0.2) is 39.4 Å². The third kappa shape index (κ3) is 3.08. The summed E-state index contributed by atoms with van der Waals surface area (Å²) < 4.78 is 21.4. The van der Waals surface area contributed by atoms with E-state index in [0.717, 1.165) is 5.56 Å². The van der Waals surface area contributed by atoms with E-state index in [1.54, 1.807) is 31.9 Å². The molecule has 2 aliphatic heterocycles. The summed E-state index contributed by atoms with van der Waals surface area (Å²) in [5.41, 5.74) is 0.138. The van der Waals surface area contributed by atoms with E-state index in [9.17, 15) is 23.9 Å². The third-order valence-corrected chi connectivity index (χ3v) is 6.98. The highest BCUT2D eigenvalue weighted by Crippen LogP contribution is 2.44. The van der Waals surface area contributed by atoms with Gasteiger partial charge >= 0.3 is 5.97 Å². The average Bonchev–Trinajstić information content (AvgIpc) is 2.77. The van der Waals surface area contributed by atoms with Crippen molar-refractivity contribution in [1.29, 1.82) is 0 Å². The van der Waals surface area contributed by atoms with E-state index in [-0.39, 0.29) is 41.8 Å². The summed E-state index contributed by atoms with van der Waals surface area (Å²) >= 11 is 3.39. The molecule has 166 valence electrons. The Hall–Kier alpha value is -3.00. The molecule has 0 saturated carbocycles. The van der Waals surface area contributed by atoms with Crippen LogP contribution in [0.1, 0.15) is 35.6 Å². The number of cyclic esters (lactones) is 1. The van der Waals surface area contributed by atoms with Crippen molar-refractivity contribution in [3.63, 3.8) is 0 Å². The van der Waals surface area contributed by atoms with E-state index >= 15 is 0 Å². The van der Waals surface area contributed by atoms with Gasteiger partial charge in [-0.1, -0.05) is 13.0 Å². The van der Waals surface area contributed by atoms with Crippen LogP contribution in [-0.4, -0.2) is 28.6 Å². The number of carbonyl (C=O) groups is 1. The second-order valence-corrected chi connectivity index (χ2v) is 8.61. The van der Waals surface area contributed by atoms with Gasteiger partial charge in [-0.15, -0.1) is 0 Å². The smallest absolute Gasteiger partial charge is 0.343 e. The van der Waals surface area contributed by atoms with Crippen LogP contribution in [0.2, 0.25) is 0 Å². The summed E-state index contributed by atoms with van der Waals surface area (Å²) in [6.45, 7) is 3.24. The largest absolute Gasteiger partial charge is 0.458 e. The summed E-state index contributed by atoms with van der Waals surface area (Å²) in [4.78, 5) is 38.7. The maximum Gasteiger partial charge on any atom is 0.343 e. The topological polar surface area (TPSA) is 88.8 Å². The number of hydrogen-bond acceptors (Lipinski definition) is 6. The van der Waals surface area contributed by atoms with Crippen LogP contribution in [0.5, 0.6) is 0 Å². The number of likely N-dealkylation sites (N-methyl/N-ethyl adjacent to an activating group) is 1. The number of allylic oxidation sites excluding steroid dienone is 3. The van der Waals surface area contributed by atoms with Gasteiger partial charge in [-0.3, -0.25) is 4.79 Å². The molecule has 0 fully saturated rings. The second-order valence-electron chi connectivity index (χ2n) is 7.82. The van der Waals surface area contributed by atoms with Crippen molar-refractivity contribution in [2.75, 3.05) is 11.9 Å². The van der Waals surface area contributed by atoms with Crippen molar-refractivity contribution in [2.45, 2.75) is 39.0 Å². The Labute approximate surface area is 191 Å². The molecule has 1 atom stereocenters. The molecule has 0 bridgehead atoms. The Morgan fingerprint density at radius 3 is 2.69 bits per heavy atom. The highest BCUT2D eigenvalue weighted by atomic mass is 79.9. The number of fused-ring (bicyclic) bond motifs is 2. The summed E-state index contributed by atoms with van der Waals surface area (Å²) in [7, 11) is 1.73. The minimum absolute atomic E-state index is 0.0367. The average molecular weight is 503 g/mol. The van der Waals surface area contributed by atoms with E-state index in [0.29, 0.717) is 15.9 Å². The number of aromatic nitrogens is 1. The van der Waals surface area contributed by atoms with Crippen LogP contribution >= 0.6 is 15.9 Å². The normalized spacial score (nSPS) is 20.0. The van der Waals surface area contributed by atoms with Crippen LogP contribution < -0.4 is 10.5 Å². The SMILES string of the molecule is CC[C@@]1(O)C(=O)OCc2c1ccn(CC1=C(Br)C(=C=O)c3c(F)ccc(C)c3N1C)c2=O. The maximum atomic E-state index is 14.6. The number of aryl methyl sites for hydroxylation is 1. The van der Waals surface area contributed by atoms with Crippen molar-refractivity contribution >= 4 is 39.1 Å². The molecule has 1 N–H and O–H groups in total. The zero-order valence-electron chi connectivity index (χ0n) is 17.7. The maximum absolute atomic E-state index is 14.6. The number of benzene rings is 1. The lowest BCUT2D eigenvalue weighted by Crippen LogP contribution is -2.44. The fourth-order valence-electron chi connectivity index (χ4n) is 4.28. The summed E-state index contributed by atoms with van der Waals surface area (Å²) in [5, 5.41) is 10.7. The van der Waals surface area contributed by atoms with Gasteiger partial charge in [-0.25, -0.2) is 14.0 Å². The van der Waals surface area contributed by atoms with Crippen LogP contribution in [0.4, 0.5) is 10.1 Å². The zero-order chi connectivity index (χ0) is 23.4. The molecule has 0 radical (unpaired) electrons. The first-order valence-electron chi connectivity index (χ1n) is 9.95. The van der Waals surface area contributed by atoms with E-state index in [1.807, 2.05) is 5.94 Å². The quantitative estimate of drug-likeness (QED) is 0.512. The second kappa shape index (κ2) is 7.85. The van der Waals surface area contributed by atoms with Gasteiger partial charge in [0.2, 0.25) is 0 Å². The van der Waals surface area contributed by atoms with Crippen LogP contribution in [0, 0.1) is 12.7 Å². The number of pyridine rings is 1. The zero-order valence-corrected chi connectivity index (χ0v) is 19.2. The summed E-state index contributed by atoms with van der Waals surface area (Å²) in [6.07, 6.45) is 1.55. The molecule has 32 heavy (non-hydrogen) atoms. The molecular formula is C23H20BrFN2O5. The Kier molecular flexibility index (Phi) is 5.45. The third-order valence-electron chi connectivity index (χ3n) is 6.12. The molecule has 1 aromatic heterocycles. The Morgan fingerprint density at radius 1 is 1.31 bits per heavy atom. The standard InChI is InChI=1S/C23H20BrFN2O5/c1-4-23(31)15-7-8-27(21(29)14(15)11-32-22(23)30)9-17-19(24)13(10-28)18-16(25)6-5-12(2)20(18)26(17)3/h5-8,31H,4,9,11H2,1-3H3/t23-/m0/s1. The number of ether oxygens (including phenoxy) is 1. The minimum atomic E-state index is -1.87. The molecule has 0 unspecified atom stereocenters. The fraction of sp³-hybridized carbons (Fsp3) is 0.304. The molecule has 4 rings (SSSR count). The number of carbonyl (C=O) groups excluding carboxylic acids is 2. The number of anilines is 1. The molecule has 0 spiro atoms. The lowest BCUT2D eigenvalue weighted by molar-refractivity contribution is -0.172. The van der Waals surface area contributed by atoms with Crippen molar-refractivity contribution in [2.24, 2.45) is 0 Å². The molecule has 1 aromatic carbocycles. The van der Waals surface area contributed by atoms with Crippen LogP contribution in [0.25, 0.3) is 5.57 Å². The van der Waals surface area contributed by atoms with Crippen LogP contribution in [0.3, 0.4) is 0 Å². The van der Waals surface area contributed by atoms with Crippen molar-refractivity contribution in [3.8, 4) is 0 Å². The first-order chi connectivity index (χ1) is 15.2. The molecule has 0 aliphatic carbocycles. The number of nitrogens with zero attached hydrogens (tertiary/aromatic N) is 2. The molecule has 3 heterocycles. The molecule has 2 aliphatic rings. The van der Waals surface area contributed by atoms with Gasteiger partial charge in [0.15, 0.2) is 5.60 Å². The van der Waals surface area contributed by atoms with Crippen LogP contribution in [-0.2, 0) is 33.1 Å². The van der Waals surface area contributed by atoms with Gasteiger partial charge in [0, 0.05) is 18.8 Å². The van der Waals surface area contributed by atoms with Gasteiger partial charge in [-0.05, 0) is 47.0 Å². The number of rotatable bonds is 3. The molecule has 9 heteroatoms. The Morgan fingerprint density at radius 2 is 2.03 bits per heavy atom. The lowest BCUT2D eigenvalue weighted by Gasteiger charge is -2.34. The molecule has 2 aromatic rings. The van der Waals surface area contributed by atoms with Gasteiger partial charge in [0.1, 0.15) is 18.4 Å². The van der Waals surface area contributed by atoms with Gasteiger partial charge in [0.25, 0.3) is 5.56 Å². The first-order valence-corrected chi connectivity index (χ1v) is 10.7. The lowest BCUT2D eigenvalue weighted by atomic mass is 9.87. The highest BCUT2D eigenvalue weighted by molar-refractivity contribution is 9.12.